The lowest BCUT2D eigenvalue weighted by atomic mass is 9.74. The number of amides is 1. The first kappa shape index (κ1) is 33.7. The Labute approximate surface area is 260 Å². The number of rotatable bonds is 15. The van der Waals surface area contributed by atoms with Gasteiger partial charge in [-0.15, -0.1) is 20.3 Å². The highest BCUT2D eigenvalue weighted by atomic mass is 32.3. The van der Waals surface area contributed by atoms with Crippen molar-refractivity contribution in [3.05, 3.63) is 35.5 Å². The lowest BCUT2D eigenvalue weighted by Crippen LogP contribution is -2.68. The third-order valence-electron chi connectivity index (χ3n) is 7.23. The summed E-state index contributed by atoms with van der Waals surface area (Å²) in [6.45, 7) is 2.36. The van der Waals surface area contributed by atoms with Crippen LogP contribution in [0.15, 0.2) is 34.9 Å². The predicted octanol–water partition coefficient (Wildman–Crippen LogP) is -0.820. The molecule has 20 heteroatoms. The number of nitrogens with zero attached hydrogens (tertiary/aromatic N) is 5. The van der Waals surface area contributed by atoms with Gasteiger partial charge < -0.3 is 31.3 Å². The first-order valence-corrected chi connectivity index (χ1v) is 15.5. The van der Waals surface area contributed by atoms with Gasteiger partial charge in [0.25, 0.3) is 12.0 Å². The SMILES string of the molecule is Cn1c2ccc(OC[C@H](O/N=C(\C(=O)C[C@@H]3C(=O)N(OS(=O)(=O)O)C3(C)C)c3csc(N)n3)C(=O)O)cc2c[n+]1[C@@H](CN)CO. The van der Waals surface area contributed by atoms with Crippen LogP contribution in [0.4, 0.5) is 5.13 Å². The number of hydrogen-bond donors (Lipinski definition) is 5. The number of benzene rings is 1. The second-order valence-corrected chi connectivity index (χ2v) is 12.4. The Bertz CT molecular complexity index is 1750. The number of fused-ring (bicyclic) bond motifs is 1. The summed E-state index contributed by atoms with van der Waals surface area (Å²) in [6.07, 6.45) is -0.425. The number of anilines is 1. The number of ether oxygens (including phenoxy) is 1. The molecule has 0 saturated carbocycles. The monoisotopic (exact) mass is 670 g/mol. The Kier molecular flexibility index (Phi) is 9.75. The van der Waals surface area contributed by atoms with Crippen molar-refractivity contribution in [1.29, 1.82) is 0 Å². The zero-order chi connectivity index (χ0) is 33.3. The molecule has 1 saturated heterocycles. The Morgan fingerprint density at radius 1 is 1.31 bits per heavy atom. The van der Waals surface area contributed by atoms with Gasteiger partial charge in [0, 0.05) is 11.8 Å². The van der Waals surface area contributed by atoms with Crippen molar-refractivity contribution in [1.82, 2.24) is 14.7 Å². The van der Waals surface area contributed by atoms with Crippen LogP contribution in [-0.4, -0.2) is 92.7 Å². The molecule has 1 amide bonds. The average Bonchev–Trinajstić information content (AvgIpc) is 3.54. The van der Waals surface area contributed by atoms with Crippen LogP contribution in [0.25, 0.3) is 10.9 Å². The van der Waals surface area contributed by atoms with E-state index in [1.807, 2.05) is 4.68 Å². The molecule has 2 aromatic heterocycles. The number of aliphatic carboxylic acids is 1. The van der Waals surface area contributed by atoms with Crippen molar-refractivity contribution in [3.8, 4) is 5.75 Å². The number of oxime groups is 1. The number of ketones is 1. The number of Topliss-reactive ketones (excluding diaryl/α,β-unsaturated/α-hetero) is 1. The number of nitrogens with two attached hydrogens (primary N) is 2. The van der Waals surface area contributed by atoms with Crippen molar-refractivity contribution < 1.29 is 56.1 Å². The summed E-state index contributed by atoms with van der Waals surface area (Å²) in [5.41, 5.74) is 10.5. The summed E-state index contributed by atoms with van der Waals surface area (Å²) in [5, 5.41) is 25.8. The molecular formula is C25H32N7O11S2+. The van der Waals surface area contributed by atoms with Crippen LogP contribution in [0.3, 0.4) is 0 Å². The molecule has 18 nitrogen and oxygen atoms in total. The Hall–Kier alpha value is -4.21. The Morgan fingerprint density at radius 2 is 2.02 bits per heavy atom. The third-order valence-corrected chi connectivity index (χ3v) is 8.24. The number of aryl methyl sites for hydroxylation is 1. The van der Waals surface area contributed by atoms with Crippen LogP contribution in [0, 0.1) is 5.92 Å². The molecule has 0 unspecified atom stereocenters. The fourth-order valence-electron chi connectivity index (χ4n) is 4.71. The molecule has 7 N–H and O–H groups in total. The highest BCUT2D eigenvalue weighted by molar-refractivity contribution is 7.80. The summed E-state index contributed by atoms with van der Waals surface area (Å²) in [7, 11) is -3.20. The molecule has 4 rings (SSSR count). The largest absolute Gasteiger partial charge is 0.489 e. The molecule has 0 spiro atoms. The number of hydrogen-bond acceptors (Lipinski definition) is 14. The summed E-state index contributed by atoms with van der Waals surface area (Å²) in [6, 6.07) is 4.68. The molecule has 1 fully saturated rings. The zero-order valence-electron chi connectivity index (χ0n) is 24.3. The van der Waals surface area contributed by atoms with E-state index in [2.05, 4.69) is 14.4 Å². The first-order chi connectivity index (χ1) is 21.1. The van der Waals surface area contributed by atoms with Gasteiger partial charge in [0.05, 0.1) is 30.4 Å². The van der Waals surface area contributed by atoms with E-state index in [9.17, 15) is 33.0 Å². The van der Waals surface area contributed by atoms with Gasteiger partial charge in [0.15, 0.2) is 16.6 Å². The predicted molar refractivity (Wildman–Crippen MR) is 156 cm³/mol. The fraction of sp³-hybridized carbons (Fsp3) is 0.440. The van der Waals surface area contributed by atoms with Crippen LogP contribution >= 0.6 is 11.3 Å². The minimum absolute atomic E-state index is 0.0373. The standard InChI is InChI=1S/C25H31N7O11S2/c1-25(2)16(22(35)32(25)43-45(38,39)40)7-19(34)21(17-12-44-24(27)28-17)29-42-20(23(36)37)11-41-15-4-5-18-13(6-15)9-31(30(18)3)14(8-26)10-33/h4-6,9,12,14,16,20,33H,7-8,10-11,26H2,1-3H3,(H3-,27,28,36,37,38,39,40)/p+1/b29-21-/t14-,16+,20-/m0/s1. The molecule has 244 valence electrons. The second-order valence-electron chi connectivity index (χ2n) is 10.5. The smallest absolute Gasteiger partial charge is 0.418 e. The number of carboxylic acid groups (broad SMARTS) is 1. The Morgan fingerprint density at radius 3 is 2.58 bits per heavy atom. The summed E-state index contributed by atoms with van der Waals surface area (Å²) >= 11 is 0.975. The van der Waals surface area contributed by atoms with Gasteiger partial charge in [-0.05, 0) is 32.0 Å². The first-order valence-electron chi connectivity index (χ1n) is 13.2. The van der Waals surface area contributed by atoms with Crippen molar-refractivity contribution in [2.75, 3.05) is 25.5 Å². The zero-order valence-corrected chi connectivity index (χ0v) is 25.9. The molecule has 45 heavy (non-hydrogen) atoms. The molecule has 0 radical (unpaired) electrons. The molecule has 3 atom stereocenters. The molecule has 3 heterocycles. The Balaban J connectivity index is 1.51. The number of aliphatic hydroxyl groups excluding tert-OH is 1. The van der Waals surface area contributed by atoms with Crippen molar-refractivity contribution in [2.24, 2.45) is 23.9 Å². The van der Waals surface area contributed by atoms with Crippen LogP contribution in [0.1, 0.15) is 32.0 Å². The number of carbonyl (C=O) groups excluding carboxylic acids is 2. The summed E-state index contributed by atoms with van der Waals surface area (Å²) in [5.74, 6) is -3.92. The second kappa shape index (κ2) is 13.0. The molecule has 0 bridgehead atoms. The van der Waals surface area contributed by atoms with Gasteiger partial charge >= 0.3 is 16.4 Å². The third kappa shape index (κ3) is 7.21. The quantitative estimate of drug-likeness (QED) is 0.0435. The lowest BCUT2D eigenvalue weighted by molar-refractivity contribution is -0.792. The molecular weight excluding hydrogens is 638 g/mol. The number of aromatic nitrogens is 3. The van der Waals surface area contributed by atoms with Crippen LogP contribution < -0.4 is 20.9 Å². The highest BCUT2D eigenvalue weighted by Gasteiger charge is 2.57. The number of carbonyl (C=O) groups is 3. The maximum atomic E-state index is 13.3. The van der Waals surface area contributed by atoms with Gasteiger partial charge in [-0.3, -0.25) is 14.1 Å². The van der Waals surface area contributed by atoms with Crippen molar-refractivity contribution in [2.45, 2.75) is 38.0 Å². The van der Waals surface area contributed by atoms with E-state index >= 15 is 0 Å². The van der Waals surface area contributed by atoms with Gasteiger partial charge in [-0.25, -0.2) is 9.78 Å². The van der Waals surface area contributed by atoms with E-state index < -0.39 is 64.4 Å². The van der Waals surface area contributed by atoms with Gasteiger partial charge in [-0.2, -0.15) is 18.2 Å². The van der Waals surface area contributed by atoms with Crippen LogP contribution in [-0.2, 0) is 41.0 Å². The normalized spacial score (nSPS) is 18.0. The summed E-state index contributed by atoms with van der Waals surface area (Å²) in [4.78, 5) is 47.1. The van der Waals surface area contributed by atoms with Gasteiger partial charge in [0.1, 0.15) is 30.2 Å². The molecule has 3 aromatic rings. The lowest BCUT2D eigenvalue weighted by Gasteiger charge is -2.50. The van der Waals surface area contributed by atoms with E-state index in [0.29, 0.717) is 10.8 Å². The van der Waals surface area contributed by atoms with Gasteiger partial charge in [0.2, 0.25) is 12.2 Å². The highest BCUT2D eigenvalue weighted by Crippen LogP contribution is 2.40. The van der Waals surface area contributed by atoms with Gasteiger partial charge in [-0.1, -0.05) is 5.16 Å². The number of aliphatic hydroxyl groups is 1. The van der Waals surface area contributed by atoms with E-state index in [0.717, 1.165) is 22.2 Å². The molecule has 1 aliphatic heterocycles. The molecule has 0 aliphatic carbocycles. The maximum Gasteiger partial charge on any atom is 0.418 e. The number of nitrogen functional groups attached to an aromatic ring is 1. The fourth-order valence-corrected chi connectivity index (χ4v) is 5.71. The summed E-state index contributed by atoms with van der Waals surface area (Å²) < 4.78 is 44.7. The van der Waals surface area contributed by atoms with E-state index in [1.54, 1.807) is 36.1 Å². The number of carboxylic acids is 1. The maximum absolute atomic E-state index is 13.3. The van der Waals surface area contributed by atoms with Crippen molar-refractivity contribution in [3.63, 3.8) is 0 Å². The topological polar surface area (TPSA) is 263 Å². The van der Waals surface area contributed by atoms with E-state index in [-0.39, 0.29) is 30.0 Å². The number of thiazole rings is 1. The number of β-lactam (4-membered cyclic amide) rings is 1. The molecule has 1 aliphatic rings. The van der Waals surface area contributed by atoms with Crippen molar-refractivity contribution >= 4 is 61.1 Å². The average molecular weight is 671 g/mol. The number of hydroxylamine groups is 2. The van der Waals surface area contributed by atoms with E-state index in [4.69, 9.17) is 25.6 Å². The van der Waals surface area contributed by atoms with Crippen LogP contribution in [0.2, 0.25) is 0 Å². The van der Waals surface area contributed by atoms with E-state index in [1.165, 1.54) is 19.2 Å². The van der Waals surface area contributed by atoms with Crippen LogP contribution in [0.5, 0.6) is 5.75 Å². The minimum Gasteiger partial charge on any atom is -0.489 e. The minimum atomic E-state index is -5.00. The molecule has 1 aromatic carbocycles.